The normalized spacial score (nSPS) is 18.9. The summed E-state index contributed by atoms with van der Waals surface area (Å²) < 4.78 is 17.7. The SMILES string of the molecule is CCCCC/C=C\C/C=C\CCCCCCCCCCCCC(O)C(=O)NC(COC1OC(CO)C(O)C(O)C1OC(=O)CCCCCCCCCCC/C=C/CCCCCCCC)C(O)/C=C/CCCCCCCCCCCCC. The Labute approximate surface area is 497 Å². The first-order chi connectivity index (χ1) is 39.7. The summed E-state index contributed by atoms with van der Waals surface area (Å²) in [6.07, 6.45) is 61.4. The molecule has 11 heteroatoms. The summed E-state index contributed by atoms with van der Waals surface area (Å²) in [5, 5.41) is 57.2. The highest BCUT2D eigenvalue weighted by Gasteiger charge is 2.47. The highest BCUT2D eigenvalue weighted by atomic mass is 16.7. The second-order valence-corrected chi connectivity index (χ2v) is 23.9. The number of hydrogen-bond donors (Lipinski definition) is 6. The Bertz CT molecular complexity index is 1500. The highest BCUT2D eigenvalue weighted by Crippen LogP contribution is 2.26. The minimum Gasteiger partial charge on any atom is -0.454 e. The van der Waals surface area contributed by atoms with E-state index >= 15 is 0 Å². The summed E-state index contributed by atoms with van der Waals surface area (Å²) in [5.74, 6) is -1.19. The zero-order valence-electron chi connectivity index (χ0n) is 52.7. The van der Waals surface area contributed by atoms with Gasteiger partial charge in [0, 0.05) is 6.42 Å². The fourth-order valence-electron chi connectivity index (χ4n) is 10.7. The Morgan fingerprint density at radius 3 is 1.30 bits per heavy atom. The van der Waals surface area contributed by atoms with Gasteiger partial charge in [0.15, 0.2) is 12.4 Å². The number of amides is 1. The monoisotopic (exact) mass is 1140 g/mol. The first kappa shape index (κ1) is 76.6. The number of aliphatic hydroxyl groups excluding tert-OH is 5. The summed E-state index contributed by atoms with van der Waals surface area (Å²) in [7, 11) is 0. The average molecular weight is 1140 g/mol. The Balaban J connectivity index is 2.63. The number of hydrogen-bond acceptors (Lipinski definition) is 10. The van der Waals surface area contributed by atoms with Gasteiger partial charge in [-0.05, 0) is 83.5 Å². The van der Waals surface area contributed by atoms with Gasteiger partial charge in [0.2, 0.25) is 5.91 Å². The molecule has 1 saturated heterocycles. The van der Waals surface area contributed by atoms with Crippen LogP contribution in [0.25, 0.3) is 0 Å². The number of carbonyl (C=O) groups is 2. The lowest BCUT2D eigenvalue weighted by Gasteiger charge is -2.41. The molecule has 0 radical (unpaired) electrons. The molecular formula is C70H129NO10. The van der Waals surface area contributed by atoms with E-state index in [1.807, 2.05) is 6.08 Å². The minimum atomic E-state index is -1.61. The smallest absolute Gasteiger partial charge is 0.306 e. The number of nitrogens with one attached hydrogen (secondary N) is 1. The van der Waals surface area contributed by atoms with Gasteiger partial charge in [-0.1, -0.05) is 281 Å². The Morgan fingerprint density at radius 2 is 0.852 bits per heavy atom. The van der Waals surface area contributed by atoms with Crippen molar-refractivity contribution in [1.29, 1.82) is 0 Å². The van der Waals surface area contributed by atoms with Crippen LogP contribution in [0.4, 0.5) is 0 Å². The highest BCUT2D eigenvalue weighted by molar-refractivity contribution is 5.80. The maximum Gasteiger partial charge on any atom is 0.306 e. The van der Waals surface area contributed by atoms with Crippen molar-refractivity contribution in [1.82, 2.24) is 5.32 Å². The Morgan fingerprint density at radius 1 is 0.481 bits per heavy atom. The van der Waals surface area contributed by atoms with Crippen molar-refractivity contribution >= 4 is 11.9 Å². The second-order valence-electron chi connectivity index (χ2n) is 23.9. The molecule has 0 bridgehead atoms. The standard InChI is InChI=1S/C70H129NO10/c1-4-7-10-13-16-19-22-25-27-29-31-33-34-36-39-42-45-48-51-54-57-63(74)69(78)71-61(62(73)56-53-50-47-44-41-38-24-21-18-15-12-9-6-3)60-79-70-68(67(77)66(76)64(59-72)80-70)81-65(75)58-55-52-49-46-43-40-37-35-32-30-28-26-23-20-17-14-11-8-5-2/h16,19,25-28,53,56,61-64,66-68,70,72-74,76-77H,4-15,17-18,20-24,29-52,54-55,57-60H2,1-3H3,(H,71,78)/b19-16-,27-25-,28-26+,56-53+. The van der Waals surface area contributed by atoms with Crippen molar-refractivity contribution < 1.29 is 49.3 Å². The molecule has 6 N–H and O–H groups in total. The average Bonchev–Trinajstić information content (AvgIpc) is 3.46. The molecular weight excluding hydrogens is 1010 g/mol. The van der Waals surface area contributed by atoms with Gasteiger partial charge in [0.05, 0.1) is 25.4 Å². The lowest BCUT2D eigenvalue weighted by Crippen LogP contribution is -2.61. The lowest BCUT2D eigenvalue weighted by atomic mass is 9.99. The van der Waals surface area contributed by atoms with Crippen LogP contribution in [-0.4, -0.2) is 99.6 Å². The van der Waals surface area contributed by atoms with Gasteiger partial charge in [-0.2, -0.15) is 0 Å². The summed E-state index contributed by atoms with van der Waals surface area (Å²) in [6.45, 7) is 5.80. The molecule has 1 rings (SSSR count). The van der Waals surface area contributed by atoms with Crippen molar-refractivity contribution in [2.45, 2.75) is 372 Å². The summed E-state index contributed by atoms with van der Waals surface area (Å²) in [5.41, 5.74) is 0. The molecule has 0 aromatic rings. The van der Waals surface area contributed by atoms with Crippen LogP contribution in [-0.2, 0) is 23.8 Å². The molecule has 8 atom stereocenters. The van der Waals surface area contributed by atoms with Gasteiger partial charge in [0.1, 0.15) is 24.4 Å². The fourth-order valence-corrected chi connectivity index (χ4v) is 10.7. The largest absolute Gasteiger partial charge is 0.454 e. The van der Waals surface area contributed by atoms with E-state index in [1.165, 1.54) is 205 Å². The quantitative estimate of drug-likeness (QED) is 0.0195. The van der Waals surface area contributed by atoms with Crippen LogP contribution in [0.15, 0.2) is 48.6 Å². The van der Waals surface area contributed by atoms with Crippen molar-refractivity contribution in [3.8, 4) is 0 Å². The molecule has 8 unspecified atom stereocenters. The first-order valence-corrected chi connectivity index (χ1v) is 34.4. The Kier molecular flexibility index (Phi) is 54.9. The summed E-state index contributed by atoms with van der Waals surface area (Å²) in [6, 6.07) is -1.03. The zero-order chi connectivity index (χ0) is 58.9. The molecule has 1 heterocycles. The van der Waals surface area contributed by atoms with E-state index in [2.05, 4.69) is 62.5 Å². The zero-order valence-corrected chi connectivity index (χ0v) is 52.7. The van der Waals surface area contributed by atoms with Crippen molar-refractivity contribution in [2.75, 3.05) is 13.2 Å². The van der Waals surface area contributed by atoms with E-state index < -0.39 is 67.4 Å². The van der Waals surface area contributed by atoms with E-state index in [-0.39, 0.29) is 19.4 Å². The minimum absolute atomic E-state index is 0.123. The fraction of sp³-hybridized carbons (Fsp3) is 0.857. The van der Waals surface area contributed by atoms with Gasteiger partial charge in [-0.3, -0.25) is 9.59 Å². The topological polar surface area (TPSA) is 175 Å². The third-order valence-corrected chi connectivity index (χ3v) is 16.2. The predicted molar refractivity (Wildman–Crippen MR) is 338 cm³/mol. The molecule has 1 amide bonds. The first-order valence-electron chi connectivity index (χ1n) is 34.4. The molecule has 0 saturated carbocycles. The van der Waals surface area contributed by atoms with Gasteiger partial charge < -0.3 is 45.1 Å². The van der Waals surface area contributed by atoms with Crippen molar-refractivity contribution in [3.05, 3.63) is 48.6 Å². The molecule has 0 spiro atoms. The third-order valence-electron chi connectivity index (χ3n) is 16.2. The van der Waals surface area contributed by atoms with Gasteiger partial charge in [-0.15, -0.1) is 0 Å². The van der Waals surface area contributed by atoms with Crippen LogP contribution in [0, 0.1) is 0 Å². The molecule has 1 aliphatic heterocycles. The molecule has 0 aromatic heterocycles. The maximum absolute atomic E-state index is 13.5. The van der Waals surface area contributed by atoms with Crippen LogP contribution < -0.4 is 5.32 Å². The number of rotatable bonds is 59. The molecule has 0 aromatic carbocycles. The molecule has 0 aliphatic carbocycles. The van der Waals surface area contributed by atoms with Crippen LogP contribution in [0.3, 0.4) is 0 Å². The van der Waals surface area contributed by atoms with Gasteiger partial charge in [-0.25, -0.2) is 0 Å². The molecule has 11 nitrogen and oxygen atoms in total. The number of carbonyl (C=O) groups excluding carboxylic acids is 2. The maximum atomic E-state index is 13.5. The van der Waals surface area contributed by atoms with Crippen LogP contribution in [0.1, 0.15) is 323 Å². The second kappa shape index (κ2) is 58.0. The van der Waals surface area contributed by atoms with E-state index in [0.29, 0.717) is 12.8 Å². The number of unbranched alkanes of at least 4 members (excludes halogenated alkanes) is 39. The molecule has 474 valence electrons. The van der Waals surface area contributed by atoms with Gasteiger partial charge >= 0.3 is 5.97 Å². The summed E-state index contributed by atoms with van der Waals surface area (Å²) in [4.78, 5) is 26.6. The van der Waals surface area contributed by atoms with Crippen molar-refractivity contribution in [2.24, 2.45) is 0 Å². The Hall–Kier alpha value is -2.38. The predicted octanol–water partition coefficient (Wildman–Crippen LogP) is 17.2. The lowest BCUT2D eigenvalue weighted by molar-refractivity contribution is -0.305. The number of allylic oxidation sites excluding steroid dienone is 7. The third kappa shape index (κ3) is 45.6. The van der Waals surface area contributed by atoms with E-state index in [4.69, 9.17) is 14.2 Å². The van der Waals surface area contributed by atoms with Crippen molar-refractivity contribution in [3.63, 3.8) is 0 Å². The number of ether oxygens (including phenoxy) is 3. The molecule has 1 fully saturated rings. The molecule has 1 aliphatic rings. The number of aliphatic hydroxyl groups is 5. The van der Waals surface area contributed by atoms with Crippen LogP contribution >= 0.6 is 0 Å². The number of esters is 1. The van der Waals surface area contributed by atoms with E-state index in [0.717, 1.165) is 70.6 Å². The van der Waals surface area contributed by atoms with Crippen LogP contribution in [0.2, 0.25) is 0 Å². The van der Waals surface area contributed by atoms with Gasteiger partial charge in [0.25, 0.3) is 0 Å². The summed E-state index contributed by atoms with van der Waals surface area (Å²) >= 11 is 0. The van der Waals surface area contributed by atoms with E-state index in [1.54, 1.807) is 6.08 Å². The van der Waals surface area contributed by atoms with Crippen LogP contribution in [0.5, 0.6) is 0 Å². The van der Waals surface area contributed by atoms with E-state index in [9.17, 15) is 35.1 Å². The molecule has 81 heavy (non-hydrogen) atoms.